The van der Waals surface area contributed by atoms with Gasteiger partial charge in [0, 0.05) is 0 Å². The molecule has 0 aliphatic carbocycles. The number of ether oxygens (including phenoxy) is 4. The first-order chi connectivity index (χ1) is 11.1. The van der Waals surface area contributed by atoms with Crippen LogP contribution < -0.4 is 0 Å². The molecule has 0 unspecified atom stereocenters. The average molecular weight is 330 g/mol. The molecule has 23 heavy (non-hydrogen) atoms. The zero-order valence-electron chi connectivity index (χ0n) is 12.9. The summed E-state index contributed by atoms with van der Waals surface area (Å²) in [5.74, 6) is -0.965. The van der Waals surface area contributed by atoms with E-state index in [1.54, 1.807) is 6.07 Å². The molecule has 7 heteroatoms. The van der Waals surface area contributed by atoms with Crippen molar-refractivity contribution in [3.63, 3.8) is 0 Å². The summed E-state index contributed by atoms with van der Waals surface area (Å²) in [5.41, 5.74) is 1.38. The zero-order chi connectivity index (χ0) is 16.7. The SMILES string of the molecule is CCc1ccc(COC2COC(OC(=O)CCF)OC2)cc1F. The molecule has 0 aromatic heterocycles. The highest BCUT2D eigenvalue weighted by atomic mass is 19.1. The first-order valence-corrected chi connectivity index (χ1v) is 7.50. The molecule has 1 fully saturated rings. The lowest BCUT2D eigenvalue weighted by molar-refractivity contribution is -0.320. The number of hydrogen-bond acceptors (Lipinski definition) is 5. The maximum Gasteiger partial charge on any atom is 0.318 e. The van der Waals surface area contributed by atoms with Gasteiger partial charge in [0.2, 0.25) is 0 Å². The van der Waals surface area contributed by atoms with Crippen LogP contribution in [0.25, 0.3) is 0 Å². The zero-order valence-corrected chi connectivity index (χ0v) is 12.9. The van der Waals surface area contributed by atoms with E-state index in [2.05, 4.69) is 0 Å². The topological polar surface area (TPSA) is 54.0 Å². The lowest BCUT2D eigenvalue weighted by Crippen LogP contribution is -2.39. The molecule has 0 bridgehead atoms. The summed E-state index contributed by atoms with van der Waals surface area (Å²) in [5, 5.41) is 0. The van der Waals surface area contributed by atoms with Crippen LogP contribution in [0.1, 0.15) is 24.5 Å². The van der Waals surface area contributed by atoms with Crippen molar-refractivity contribution < 1.29 is 32.5 Å². The van der Waals surface area contributed by atoms with Crippen molar-refractivity contribution in [2.45, 2.75) is 39.0 Å². The Morgan fingerprint density at radius 1 is 1.35 bits per heavy atom. The summed E-state index contributed by atoms with van der Waals surface area (Å²) in [6, 6.07) is 5.00. The van der Waals surface area contributed by atoms with E-state index >= 15 is 0 Å². The molecular weight excluding hydrogens is 310 g/mol. The number of carbonyl (C=O) groups excluding carboxylic acids is 1. The van der Waals surface area contributed by atoms with E-state index in [0.29, 0.717) is 12.0 Å². The van der Waals surface area contributed by atoms with Gasteiger partial charge in [-0.05, 0) is 23.6 Å². The van der Waals surface area contributed by atoms with Crippen molar-refractivity contribution in [1.82, 2.24) is 0 Å². The average Bonchev–Trinajstić information content (AvgIpc) is 2.54. The van der Waals surface area contributed by atoms with Gasteiger partial charge in [-0.25, -0.2) is 4.39 Å². The van der Waals surface area contributed by atoms with Crippen molar-refractivity contribution in [2.24, 2.45) is 0 Å². The number of alkyl halides is 1. The highest BCUT2D eigenvalue weighted by Gasteiger charge is 2.25. The largest absolute Gasteiger partial charge is 0.410 e. The van der Waals surface area contributed by atoms with E-state index in [-0.39, 0.29) is 38.2 Å². The number of halogens is 2. The molecule has 0 amide bonds. The molecule has 1 aliphatic rings. The normalized spacial score (nSPS) is 21.2. The molecule has 1 saturated heterocycles. The molecule has 128 valence electrons. The van der Waals surface area contributed by atoms with Crippen LogP contribution in [0.15, 0.2) is 18.2 Å². The monoisotopic (exact) mass is 330 g/mol. The van der Waals surface area contributed by atoms with Gasteiger partial charge in [0.05, 0.1) is 32.9 Å². The minimum atomic E-state index is -1.13. The van der Waals surface area contributed by atoms with Gasteiger partial charge >= 0.3 is 12.4 Å². The highest BCUT2D eigenvalue weighted by molar-refractivity contribution is 5.69. The van der Waals surface area contributed by atoms with E-state index in [4.69, 9.17) is 18.9 Å². The Balaban J connectivity index is 1.72. The van der Waals surface area contributed by atoms with Gasteiger partial charge in [0.15, 0.2) is 0 Å². The summed E-state index contributed by atoms with van der Waals surface area (Å²) in [4.78, 5) is 11.1. The molecule has 2 rings (SSSR count). The number of benzene rings is 1. The van der Waals surface area contributed by atoms with Crippen molar-refractivity contribution >= 4 is 5.97 Å². The maximum absolute atomic E-state index is 13.7. The van der Waals surface area contributed by atoms with Gasteiger partial charge in [0.1, 0.15) is 11.9 Å². The Morgan fingerprint density at radius 3 is 2.70 bits per heavy atom. The van der Waals surface area contributed by atoms with Gasteiger partial charge in [-0.1, -0.05) is 19.1 Å². The number of rotatable bonds is 7. The fraction of sp³-hybridized carbons (Fsp3) is 0.562. The van der Waals surface area contributed by atoms with Crippen molar-refractivity contribution in [1.29, 1.82) is 0 Å². The smallest absolute Gasteiger partial charge is 0.318 e. The third-order valence-electron chi connectivity index (χ3n) is 3.35. The molecule has 1 aromatic rings. The fourth-order valence-electron chi connectivity index (χ4n) is 2.06. The Bertz CT molecular complexity index is 515. The second kappa shape index (κ2) is 8.90. The van der Waals surface area contributed by atoms with E-state index < -0.39 is 19.1 Å². The fourth-order valence-corrected chi connectivity index (χ4v) is 2.06. The second-order valence-corrected chi connectivity index (χ2v) is 5.10. The van der Waals surface area contributed by atoms with Crippen LogP contribution in [0.2, 0.25) is 0 Å². The van der Waals surface area contributed by atoms with Gasteiger partial charge < -0.3 is 18.9 Å². The van der Waals surface area contributed by atoms with Crippen LogP contribution in [0.4, 0.5) is 8.78 Å². The molecule has 0 saturated carbocycles. The Kier molecular flexibility index (Phi) is 6.88. The van der Waals surface area contributed by atoms with E-state index in [1.165, 1.54) is 6.07 Å². The van der Waals surface area contributed by atoms with Crippen LogP contribution in [-0.4, -0.2) is 38.4 Å². The van der Waals surface area contributed by atoms with Crippen molar-refractivity contribution in [2.75, 3.05) is 19.9 Å². The molecule has 0 radical (unpaired) electrons. The van der Waals surface area contributed by atoms with E-state index in [1.807, 2.05) is 13.0 Å². The minimum Gasteiger partial charge on any atom is -0.410 e. The van der Waals surface area contributed by atoms with Crippen molar-refractivity contribution in [3.8, 4) is 0 Å². The summed E-state index contributed by atoms with van der Waals surface area (Å²) in [6.45, 7) is 0.541. The first-order valence-electron chi connectivity index (χ1n) is 7.50. The van der Waals surface area contributed by atoms with Gasteiger partial charge in [-0.15, -0.1) is 0 Å². The Morgan fingerprint density at radius 2 is 2.09 bits per heavy atom. The van der Waals surface area contributed by atoms with Crippen LogP contribution >= 0.6 is 0 Å². The first kappa shape index (κ1) is 17.8. The number of esters is 1. The Hall–Kier alpha value is -1.57. The predicted octanol–water partition coefficient (Wildman–Crippen LogP) is 2.51. The molecule has 1 heterocycles. The summed E-state index contributed by atoms with van der Waals surface area (Å²) in [6.07, 6.45) is -0.0394. The van der Waals surface area contributed by atoms with E-state index in [9.17, 15) is 13.6 Å². The van der Waals surface area contributed by atoms with Gasteiger partial charge in [0.25, 0.3) is 0 Å². The standard InChI is InChI=1S/C16H20F2O5/c1-2-12-4-3-11(7-14(12)18)8-20-13-9-21-16(22-10-13)23-15(19)5-6-17/h3-4,7,13,16H,2,5-6,8-10H2,1H3. The summed E-state index contributed by atoms with van der Waals surface area (Å²) >= 11 is 0. The van der Waals surface area contributed by atoms with Gasteiger partial charge in [-0.2, -0.15) is 0 Å². The predicted molar refractivity (Wildman–Crippen MR) is 76.7 cm³/mol. The van der Waals surface area contributed by atoms with Crippen LogP contribution in [0.3, 0.4) is 0 Å². The number of aryl methyl sites for hydroxylation is 1. The molecule has 0 spiro atoms. The van der Waals surface area contributed by atoms with Crippen LogP contribution in [0, 0.1) is 5.82 Å². The Labute approximate surface area is 133 Å². The molecule has 0 N–H and O–H groups in total. The number of hydrogen-bond donors (Lipinski definition) is 0. The van der Waals surface area contributed by atoms with Crippen LogP contribution in [0.5, 0.6) is 0 Å². The maximum atomic E-state index is 13.7. The molecule has 5 nitrogen and oxygen atoms in total. The lowest BCUT2D eigenvalue weighted by atomic mass is 10.1. The molecular formula is C16H20F2O5. The third kappa shape index (κ3) is 5.53. The van der Waals surface area contributed by atoms with Gasteiger partial charge in [-0.3, -0.25) is 9.18 Å². The highest BCUT2D eigenvalue weighted by Crippen LogP contribution is 2.15. The lowest BCUT2D eigenvalue weighted by Gasteiger charge is -2.28. The quantitative estimate of drug-likeness (QED) is 0.719. The van der Waals surface area contributed by atoms with E-state index in [0.717, 1.165) is 5.56 Å². The molecule has 1 aliphatic heterocycles. The summed E-state index contributed by atoms with van der Waals surface area (Å²) in [7, 11) is 0. The third-order valence-corrected chi connectivity index (χ3v) is 3.35. The molecule has 0 atom stereocenters. The second-order valence-electron chi connectivity index (χ2n) is 5.10. The minimum absolute atomic E-state index is 0.170. The molecule has 1 aromatic carbocycles. The summed E-state index contributed by atoms with van der Waals surface area (Å²) < 4.78 is 46.3. The van der Waals surface area contributed by atoms with Crippen molar-refractivity contribution in [3.05, 3.63) is 35.1 Å². The van der Waals surface area contributed by atoms with Crippen LogP contribution in [-0.2, 0) is 36.8 Å². The number of carbonyl (C=O) groups is 1.